The molecule has 1 unspecified atom stereocenters. The molecule has 2 aliphatic rings. The van der Waals surface area contributed by atoms with Crippen molar-refractivity contribution in [2.45, 2.75) is 76.5 Å². The molecule has 1 atom stereocenters. The van der Waals surface area contributed by atoms with E-state index in [9.17, 15) is 4.79 Å². The van der Waals surface area contributed by atoms with Crippen molar-refractivity contribution in [2.24, 2.45) is 0 Å². The Morgan fingerprint density at radius 2 is 1.93 bits per heavy atom. The molecule has 1 aliphatic carbocycles. The van der Waals surface area contributed by atoms with Crippen molar-refractivity contribution >= 4 is 24.2 Å². The van der Waals surface area contributed by atoms with Crippen LogP contribution in [0.25, 0.3) is 16.6 Å². The highest BCUT2D eigenvalue weighted by atomic mass is 16.1. The molecule has 152 valence electrons. The first kappa shape index (κ1) is 19.6. The van der Waals surface area contributed by atoms with Crippen LogP contribution in [-0.4, -0.2) is 17.4 Å². The minimum Gasteiger partial charge on any atom is -0.297 e. The average molecular weight is 396 g/mol. The number of hydrogen-bond donors (Lipinski definition) is 0. The Kier molecular flexibility index (Phi) is 4.84. The van der Waals surface area contributed by atoms with Crippen molar-refractivity contribution < 1.29 is 0 Å². The van der Waals surface area contributed by atoms with Gasteiger partial charge in [-0.1, -0.05) is 69.3 Å². The van der Waals surface area contributed by atoms with Gasteiger partial charge < -0.3 is 0 Å². The lowest BCUT2D eigenvalue weighted by atomic mass is 9.69. The lowest BCUT2D eigenvalue weighted by Gasteiger charge is -2.34. The molecule has 1 fully saturated rings. The van der Waals surface area contributed by atoms with Crippen LogP contribution in [0.4, 0.5) is 0 Å². The number of aromatic nitrogens is 2. The van der Waals surface area contributed by atoms with Crippen LogP contribution < -0.4 is 11.0 Å². The van der Waals surface area contributed by atoms with Gasteiger partial charge in [-0.05, 0) is 54.9 Å². The molecular weight excluding hydrogens is 367 g/mol. The van der Waals surface area contributed by atoms with Crippen LogP contribution in [0.3, 0.4) is 0 Å². The van der Waals surface area contributed by atoms with Crippen LogP contribution in [0.2, 0.25) is 0 Å². The summed E-state index contributed by atoms with van der Waals surface area (Å²) in [6.45, 7) is 4.55. The highest BCUT2D eigenvalue weighted by Gasteiger charge is 2.46. The van der Waals surface area contributed by atoms with E-state index in [-0.39, 0.29) is 11.0 Å². The van der Waals surface area contributed by atoms with Crippen LogP contribution in [0.5, 0.6) is 0 Å². The third kappa shape index (κ3) is 2.72. The third-order valence-corrected chi connectivity index (χ3v) is 7.46. The Balaban J connectivity index is 1.82. The van der Waals surface area contributed by atoms with Gasteiger partial charge in [-0.25, -0.2) is 0 Å². The van der Waals surface area contributed by atoms with Gasteiger partial charge in [0, 0.05) is 0 Å². The zero-order valence-corrected chi connectivity index (χ0v) is 18.1. The lowest BCUT2D eigenvalue weighted by molar-refractivity contribution is 0.338. The van der Waals surface area contributed by atoms with Crippen LogP contribution in [0, 0.1) is 0 Å². The minimum absolute atomic E-state index is 0.147. The van der Waals surface area contributed by atoms with Gasteiger partial charge in [0.2, 0.25) is 0 Å². The molecule has 0 N–H and O–H groups in total. The highest BCUT2D eigenvalue weighted by molar-refractivity contribution is 6.38. The summed E-state index contributed by atoms with van der Waals surface area (Å²) in [7, 11) is 6.20. The van der Waals surface area contributed by atoms with E-state index in [1.807, 2.05) is 12.1 Å². The minimum atomic E-state index is -0.190. The van der Waals surface area contributed by atoms with Crippen molar-refractivity contribution in [3.8, 4) is 5.69 Å². The first-order valence-corrected chi connectivity index (χ1v) is 11.6. The van der Waals surface area contributed by atoms with Crippen molar-refractivity contribution in [3.05, 3.63) is 63.7 Å². The fourth-order valence-electron chi connectivity index (χ4n) is 5.97. The highest BCUT2D eigenvalue weighted by Crippen LogP contribution is 2.52. The molecule has 0 saturated heterocycles. The van der Waals surface area contributed by atoms with Gasteiger partial charge in [-0.15, -0.1) is 0 Å². The summed E-state index contributed by atoms with van der Waals surface area (Å²) >= 11 is 0. The molecule has 1 aliphatic heterocycles. The molecular formula is C26H29BN2O. The predicted octanol–water partition coefficient (Wildman–Crippen LogP) is 5.04. The van der Waals surface area contributed by atoms with Crippen molar-refractivity contribution in [1.82, 2.24) is 9.55 Å². The summed E-state index contributed by atoms with van der Waals surface area (Å²) in [6.07, 6.45) is 9.31. The van der Waals surface area contributed by atoms with Gasteiger partial charge in [0.25, 0.3) is 5.56 Å². The number of fused-ring (bicyclic) bond motifs is 7. The predicted molar refractivity (Wildman–Crippen MR) is 125 cm³/mol. The Morgan fingerprint density at radius 3 is 2.67 bits per heavy atom. The van der Waals surface area contributed by atoms with Crippen molar-refractivity contribution in [2.75, 3.05) is 0 Å². The van der Waals surface area contributed by atoms with Gasteiger partial charge in [-0.2, -0.15) is 4.98 Å². The summed E-state index contributed by atoms with van der Waals surface area (Å²) in [4.78, 5) is 17.7. The molecule has 5 rings (SSSR count). The Hall–Kier alpha value is -2.36. The van der Waals surface area contributed by atoms with Gasteiger partial charge in [-0.3, -0.25) is 9.36 Å². The van der Waals surface area contributed by atoms with Crippen LogP contribution in [0.15, 0.2) is 41.2 Å². The van der Waals surface area contributed by atoms with Crippen LogP contribution in [-0.2, 0) is 5.41 Å². The summed E-state index contributed by atoms with van der Waals surface area (Å²) in [6, 6.07) is 12.8. The van der Waals surface area contributed by atoms with Gasteiger partial charge >= 0.3 is 0 Å². The van der Waals surface area contributed by atoms with E-state index >= 15 is 0 Å². The third-order valence-electron chi connectivity index (χ3n) is 7.46. The van der Waals surface area contributed by atoms with Crippen LogP contribution in [0.1, 0.15) is 88.1 Å². The number of rotatable bonds is 4. The summed E-state index contributed by atoms with van der Waals surface area (Å²) < 4.78 is 2.23. The maximum atomic E-state index is 13.0. The summed E-state index contributed by atoms with van der Waals surface area (Å²) in [5, 5.41) is 0.543. The molecule has 30 heavy (non-hydrogen) atoms. The molecule has 3 aromatic rings. The first-order valence-electron chi connectivity index (χ1n) is 11.6. The van der Waals surface area contributed by atoms with E-state index in [2.05, 4.69) is 36.6 Å². The zero-order valence-electron chi connectivity index (χ0n) is 18.1. The Morgan fingerprint density at radius 1 is 1.13 bits per heavy atom. The number of hydrogen-bond acceptors (Lipinski definition) is 2. The molecule has 0 bridgehead atoms. The molecule has 2 radical (unpaired) electrons. The van der Waals surface area contributed by atoms with E-state index in [4.69, 9.17) is 12.8 Å². The molecule has 1 spiro atoms. The Labute approximate surface area is 180 Å². The fourth-order valence-corrected chi connectivity index (χ4v) is 5.97. The molecule has 4 heteroatoms. The van der Waals surface area contributed by atoms with E-state index in [0.717, 1.165) is 30.6 Å². The normalized spacial score (nSPS) is 17.8. The average Bonchev–Trinajstić information content (AvgIpc) is 3.01. The lowest BCUT2D eigenvalue weighted by Crippen LogP contribution is -2.33. The fraction of sp³-hybridized carbons (Fsp3) is 0.462. The summed E-state index contributed by atoms with van der Waals surface area (Å²) in [5.41, 5.74) is 5.05. The maximum absolute atomic E-state index is 13.0. The topological polar surface area (TPSA) is 34.9 Å². The molecule has 1 aromatic heterocycles. The molecule has 0 amide bonds. The smallest absolute Gasteiger partial charge is 0.280 e. The number of benzene rings is 2. The van der Waals surface area contributed by atoms with Crippen molar-refractivity contribution in [1.29, 1.82) is 0 Å². The first-order chi connectivity index (χ1) is 14.6. The van der Waals surface area contributed by atoms with E-state index in [0.29, 0.717) is 16.8 Å². The van der Waals surface area contributed by atoms with E-state index in [1.165, 1.54) is 48.9 Å². The van der Waals surface area contributed by atoms with Gasteiger partial charge in [0.1, 0.15) is 13.7 Å². The largest absolute Gasteiger partial charge is 0.297 e. The van der Waals surface area contributed by atoms with Gasteiger partial charge in [0.05, 0.1) is 22.0 Å². The monoisotopic (exact) mass is 396 g/mol. The molecule has 2 heterocycles. The standard InChI is InChI=1S/C26H29BN2O/c1-3-9-17(4-2)18-12-13-21-19(16-18)26(14-6-5-7-15-26)25-28-24(30)23-20(27)10-8-11-22(23)29(21)25/h8,10-13,16-17H,3-7,9,14-15H2,1-2H3. The summed E-state index contributed by atoms with van der Waals surface area (Å²) in [5.74, 6) is 1.52. The van der Waals surface area contributed by atoms with E-state index in [1.54, 1.807) is 6.07 Å². The van der Waals surface area contributed by atoms with Crippen LogP contribution >= 0.6 is 0 Å². The SMILES string of the molecule is [B]c1cccc2c1c(=O)nc1n2-c2ccc(C(CC)CCC)cc2C12CCCCC2. The van der Waals surface area contributed by atoms with E-state index < -0.39 is 0 Å². The zero-order chi connectivity index (χ0) is 20.9. The van der Waals surface area contributed by atoms with Gasteiger partial charge in [0.15, 0.2) is 0 Å². The van der Waals surface area contributed by atoms with Crippen molar-refractivity contribution in [3.63, 3.8) is 0 Å². The quantitative estimate of drug-likeness (QED) is 0.580. The maximum Gasteiger partial charge on any atom is 0.280 e. The second kappa shape index (κ2) is 7.41. The molecule has 3 nitrogen and oxygen atoms in total. The Bertz CT molecular complexity index is 1170. The second-order valence-corrected chi connectivity index (χ2v) is 9.13. The second-order valence-electron chi connectivity index (χ2n) is 9.13. The molecule has 1 saturated carbocycles. The molecule has 2 aromatic carbocycles. The number of nitrogens with zero attached hydrogens (tertiary/aromatic N) is 2.